The predicted octanol–water partition coefficient (Wildman–Crippen LogP) is 5.02. The van der Waals surface area contributed by atoms with Gasteiger partial charge in [-0.05, 0) is 53.6 Å². The van der Waals surface area contributed by atoms with Crippen molar-refractivity contribution in [2.24, 2.45) is 0 Å². The number of carbonyl (C=O) groups is 1. The maximum Gasteiger partial charge on any atom is 0.253 e. The third kappa shape index (κ3) is 5.84. The zero-order valence-corrected chi connectivity index (χ0v) is 17.9. The summed E-state index contributed by atoms with van der Waals surface area (Å²) in [6, 6.07) is 21.5. The van der Waals surface area contributed by atoms with Crippen LogP contribution in [0.1, 0.15) is 21.5 Å². The molecule has 160 valence electrons. The minimum atomic E-state index is -0.215. The number of benzene rings is 3. The molecular formula is C25H24ClFN2O2. The highest BCUT2D eigenvalue weighted by Gasteiger charge is 2.22. The molecule has 31 heavy (non-hydrogen) atoms. The first-order chi connectivity index (χ1) is 15.1. The van der Waals surface area contributed by atoms with E-state index in [4.69, 9.17) is 16.3 Å². The molecule has 3 aromatic rings. The summed E-state index contributed by atoms with van der Waals surface area (Å²) >= 11 is 5.97. The SMILES string of the molecule is O=C(c1ccc(COc2cccc(Cl)c2)cc1)N1CCN(Cc2cccc(F)c2)CC1. The second-order valence-electron chi connectivity index (χ2n) is 7.64. The van der Waals surface area contributed by atoms with Crippen LogP contribution in [0.15, 0.2) is 72.8 Å². The predicted molar refractivity (Wildman–Crippen MR) is 120 cm³/mol. The average molecular weight is 439 g/mol. The van der Waals surface area contributed by atoms with Crippen molar-refractivity contribution in [2.75, 3.05) is 26.2 Å². The number of halogens is 2. The fourth-order valence-electron chi connectivity index (χ4n) is 3.65. The van der Waals surface area contributed by atoms with E-state index in [-0.39, 0.29) is 11.7 Å². The lowest BCUT2D eigenvalue weighted by Crippen LogP contribution is -2.48. The molecule has 0 saturated carbocycles. The van der Waals surface area contributed by atoms with Gasteiger partial charge in [-0.15, -0.1) is 0 Å². The summed E-state index contributed by atoms with van der Waals surface area (Å²) < 4.78 is 19.1. The molecule has 0 bridgehead atoms. The highest BCUT2D eigenvalue weighted by atomic mass is 35.5. The lowest BCUT2D eigenvalue weighted by atomic mass is 10.1. The molecule has 6 heteroatoms. The number of rotatable bonds is 6. The highest BCUT2D eigenvalue weighted by molar-refractivity contribution is 6.30. The van der Waals surface area contributed by atoms with Gasteiger partial charge >= 0.3 is 0 Å². The molecular weight excluding hydrogens is 415 g/mol. The van der Waals surface area contributed by atoms with E-state index in [1.807, 2.05) is 47.4 Å². The number of carbonyl (C=O) groups excluding carboxylic acids is 1. The number of hydrogen-bond donors (Lipinski definition) is 0. The Labute approximate surface area is 186 Å². The van der Waals surface area contributed by atoms with Crippen LogP contribution in [0.2, 0.25) is 5.02 Å². The normalized spacial score (nSPS) is 14.5. The number of hydrogen-bond acceptors (Lipinski definition) is 3. The lowest BCUT2D eigenvalue weighted by Gasteiger charge is -2.34. The standard InChI is InChI=1S/C25H24ClFN2O2/c26-22-4-2-6-24(16-22)31-18-19-7-9-21(10-8-19)25(30)29-13-11-28(12-14-29)17-20-3-1-5-23(27)15-20/h1-10,15-16H,11-14,17-18H2. The van der Waals surface area contributed by atoms with E-state index < -0.39 is 0 Å². The maximum atomic E-state index is 13.4. The Hall–Kier alpha value is -2.89. The van der Waals surface area contributed by atoms with Crippen LogP contribution in [0.3, 0.4) is 0 Å². The molecule has 1 fully saturated rings. The van der Waals surface area contributed by atoms with Gasteiger partial charge in [-0.3, -0.25) is 9.69 Å². The Balaban J connectivity index is 1.27. The Morgan fingerprint density at radius 3 is 2.35 bits per heavy atom. The lowest BCUT2D eigenvalue weighted by molar-refractivity contribution is 0.0628. The monoisotopic (exact) mass is 438 g/mol. The molecule has 1 amide bonds. The third-order valence-corrected chi connectivity index (χ3v) is 5.59. The van der Waals surface area contributed by atoms with Crippen LogP contribution in [0, 0.1) is 5.82 Å². The molecule has 1 saturated heterocycles. The minimum Gasteiger partial charge on any atom is -0.489 e. The van der Waals surface area contributed by atoms with Crippen molar-refractivity contribution in [3.05, 3.63) is 100 Å². The van der Waals surface area contributed by atoms with Crippen LogP contribution in [0.25, 0.3) is 0 Å². The quantitative estimate of drug-likeness (QED) is 0.542. The molecule has 1 aliphatic rings. The van der Waals surface area contributed by atoms with Crippen molar-refractivity contribution in [1.82, 2.24) is 9.80 Å². The number of nitrogens with zero attached hydrogens (tertiary/aromatic N) is 2. The Bertz CT molecular complexity index is 1030. The van der Waals surface area contributed by atoms with Crippen LogP contribution < -0.4 is 4.74 Å². The summed E-state index contributed by atoms with van der Waals surface area (Å²) in [7, 11) is 0. The molecule has 0 atom stereocenters. The number of amides is 1. The molecule has 0 spiro atoms. The second-order valence-corrected chi connectivity index (χ2v) is 8.08. The van der Waals surface area contributed by atoms with Gasteiger partial charge in [-0.25, -0.2) is 4.39 Å². The third-order valence-electron chi connectivity index (χ3n) is 5.36. The summed E-state index contributed by atoms with van der Waals surface area (Å²) in [6.45, 7) is 3.97. The Morgan fingerprint density at radius 2 is 1.65 bits per heavy atom. The summed E-state index contributed by atoms with van der Waals surface area (Å²) in [5.41, 5.74) is 2.61. The van der Waals surface area contributed by atoms with Crippen LogP contribution in [0.5, 0.6) is 5.75 Å². The van der Waals surface area contributed by atoms with Crippen molar-refractivity contribution < 1.29 is 13.9 Å². The van der Waals surface area contributed by atoms with E-state index in [0.29, 0.717) is 42.6 Å². The van der Waals surface area contributed by atoms with Crippen LogP contribution in [-0.4, -0.2) is 41.9 Å². The van der Waals surface area contributed by atoms with Crippen molar-refractivity contribution in [2.45, 2.75) is 13.2 Å². The second kappa shape index (κ2) is 9.94. The van der Waals surface area contributed by atoms with Gasteiger partial charge in [0.2, 0.25) is 0 Å². The van der Waals surface area contributed by atoms with E-state index >= 15 is 0 Å². The van der Waals surface area contributed by atoms with E-state index in [9.17, 15) is 9.18 Å². The first-order valence-corrected chi connectivity index (χ1v) is 10.7. The first-order valence-electron chi connectivity index (χ1n) is 10.3. The van der Waals surface area contributed by atoms with Crippen molar-refractivity contribution >= 4 is 17.5 Å². The van der Waals surface area contributed by atoms with Gasteiger partial charge in [0.25, 0.3) is 5.91 Å². The summed E-state index contributed by atoms with van der Waals surface area (Å²) in [5, 5.41) is 0.634. The fourth-order valence-corrected chi connectivity index (χ4v) is 3.83. The van der Waals surface area contributed by atoms with Gasteiger partial charge in [0.15, 0.2) is 0 Å². The van der Waals surface area contributed by atoms with E-state index in [0.717, 1.165) is 24.2 Å². The van der Waals surface area contributed by atoms with E-state index in [1.54, 1.807) is 24.3 Å². The van der Waals surface area contributed by atoms with Gasteiger partial charge in [0.05, 0.1) is 0 Å². The van der Waals surface area contributed by atoms with E-state index in [1.165, 1.54) is 6.07 Å². The van der Waals surface area contributed by atoms with Crippen molar-refractivity contribution in [1.29, 1.82) is 0 Å². The summed E-state index contributed by atoms with van der Waals surface area (Å²) in [6.07, 6.45) is 0. The van der Waals surface area contributed by atoms with Crippen LogP contribution in [-0.2, 0) is 13.2 Å². The minimum absolute atomic E-state index is 0.0349. The molecule has 3 aromatic carbocycles. The molecule has 0 aromatic heterocycles. The molecule has 1 aliphatic heterocycles. The summed E-state index contributed by atoms with van der Waals surface area (Å²) in [4.78, 5) is 17.0. The van der Waals surface area contributed by atoms with Crippen molar-refractivity contribution in [3.8, 4) is 5.75 Å². The summed E-state index contributed by atoms with van der Waals surface area (Å²) in [5.74, 6) is 0.532. The van der Waals surface area contributed by atoms with Gasteiger partial charge in [0.1, 0.15) is 18.2 Å². The van der Waals surface area contributed by atoms with Crippen LogP contribution in [0.4, 0.5) is 4.39 Å². The van der Waals surface area contributed by atoms with Gasteiger partial charge in [-0.2, -0.15) is 0 Å². The van der Waals surface area contributed by atoms with E-state index in [2.05, 4.69) is 4.90 Å². The number of ether oxygens (including phenoxy) is 1. The maximum absolute atomic E-state index is 13.4. The highest BCUT2D eigenvalue weighted by Crippen LogP contribution is 2.19. The molecule has 1 heterocycles. The molecule has 0 N–H and O–H groups in total. The average Bonchev–Trinajstić information content (AvgIpc) is 2.78. The van der Waals surface area contributed by atoms with Gasteiger partial charge in [-0.1, -0.05) is 41.9 Å². The zero-order valence-electron chi connectivity index (χ0n) is 17.1. The van der Waals surface area contributed by atoms with Gasteiger partial charge < -0.3 is 9.64 Å². The Kier molecular flexibility index (Phi) is 6.85. The molecule has 0 unspecified atom stereocenters. The first kappa shape index (κ1) is 21.3. The number of piperazine rings is 1. The van der Waals surface area contributed by atoms with Gasteiger partial charge in [0, 0.05) is 43.3 Å². The molecule has 0 radical (unpaired) electrons. The smallest absolute Gasteiger partial charge is 0.253 e. The fraction of sp³-hybridized carbons (Fsp3) is 0.240. The Morgan fingerprint density at radius 1 is 0.903 bits per heavy atom. The topological polar surface area (TPSA) is 32.8 Å². The van der Waals surface area contributed by atoms with Crippen molar-refractivity contribution in [3.63, 3.8) is 0 Å². The largest absolute Gasteiger partial charge is 0.489 e. The molecule has 0 aliphatic carbocycles. The molecule has 4 nitrogen and oxygen atoms in total. The zero-order chi connectivity index (χ0) is 21.6. The molecule has 4 rings (SSSR count). The van der Waals surface area contributed by atoms with Crippen LogP contribution >= 0.6 is 11.6 Å².